The van der Waals surface area contributed by atoms with Gasteiger partial charge in [0.25, 0.3) is 0 Å². The molecule has 3 atom stereocenters. The van der Waals surface area contributed by atoms with E-state index in [4.69, 9.17) is 37.7 Å². The number of nitrogens with zero attached hydrogens (tertiary/aromatic N) is 5. The lowest BCUT2D eigenvalue weighted by atomic mass is 9.90. The predicted molar refractivity (Wildman–Crippen MR) is 160 cm³/mol. The van der Waals surface area contributed by atoms with Crippen molar-refractivity contribution in [2.45, 2.75) is 57.2 Å². The molecule has 3 N–H and O–H groups in total. The molecule has 1 aromatic carbocycles. The maximum atomic E-state index is 12.0. The van der Waals surface area contributed by atoms with Gasteiger partial charge < -0.3 is 35.0 Å². The third-order valence-electron chi connectivity index (χ3n) is 7.26. The average Bonchev–Trinajstić information content (AvgIpc) is 3.50. The molecule has 0 spiro atoms. The van der Waals surface area contributed by atoms with Crippen molar-refractivity contribution in [3.8, 4) is 11.5 Å². The molecule has 1 saturated carbocycles. The summed E-state index contributed by atoms with van der Waals surface area (Å²) in [6, 6.07) is 1.47. The van der Waals surface area contributed by atoms with Gasteiger partial charge in [-0.15, -0.1) is 11.3 Å². The van der Waals surface area contributed by atoms with E-state index in [0.29, 0.717) is 29.0 Å². The van der Waals surface area contributed by atoms with E-state index in [1.165, 1.54) is 31.6 Å². The van der Waals surface area contributed by atoms with Crippen LogP contribution in [-0.2, 0) is 17.9 Å². The molecule has 0 radical (unpaired) electrons. The van der Waals surface area contributed by atoms with Gasteiger partial charge in [-0.2, -0.15) is 4.98 Å². The fourth-order valence-corrected chi connectivity index (χ4v) is 6.49. The van der Waals surface area contributed by atoms with E-state index in [-0.39, 0.29) is 41.1 Å². The number of rotatable bonds is 9. The zero-order chi connectivity index (χ0) is 29.1. The second kappa shape index (κ2) is 12.7. The molecule has 1 aliphatic heterocycles. The Morgan fingerprint density at radius 1 is 1.20 bits per heavy atom. The average molecular weight is 621 g/mol. The molecule has 0 saturated heterocycles. The number of carbonyl (C=O) groups is 1. The van der Waals surface area contributed by atoms with Gasteiger partial charge in [0.15, 0.2) is 0 Å². The molecule has 0 bridgehead atoms. The van der Waals surface area contributed by atoms with Crippen molar-refractivity contribution in [1.29, 1.82) is 0 Å². The summed E-state index contributed by atoms with van der Waals surface area (Å²) in [6.45, 7) is 4.04. The molecule has 5 rings (SSSR count). The highest BCUT2D eigenvalue weighted by molar-refractivity contribution is 7.07. The summed E-state index contributed by atoms with van der Waals surface area (Å²) in [7, 11) is 2.99. The zero-order valence-corrected chi connectivity index (χ0v) is 25.0. The van der Waals surface area contributed by atoms with Crippen LogP contribution in [0.4, 0.5) is 17.5 Å². The summed E-state index contributed by atoms with van der Waals surface area (Å²) in [5.41, 5.74) is 3.59. The van der Waals surface area contributed by atoms with E-state index in [2.05, 4.69) is 27.2 Å². The highest BCUT2D eigenvalue weighted by Crippen LogP contribution is 2.48. The number of aliphatic hydroxyl groups is 1. The first-order valence-corrected chi connectivity index (χ1v) is 14.8. The van der Waals surface area contributed by atoms with E-state index >= 15 is 0 Å². The van der Waals surface area contributed by atoms with Crippen LogP contribution >= 0.6 is 34.5 Å². The van der Waals surface area contributed by atoms with Gasteiger partial charge in [-0.3, -0.25) is 4.79 Å². The summed E-state index contributed by atoms with van der Waals surface area (Å²) in [5, 5.41) is 20.6. The number of aromatic nitrogens is 3. The highest BCUT2D eigenvalue weighted by Gasteiger charge is 2.37. The number of ether oxygens (including phenoxy) is 2. The second-order valence-electron chi connectivity index (χ2n) is 9.74. The molecular formula is C27H31Cl2N7O4S. The minimum absolute atomic E-state index is 0.0513. The molecule has 2 aliphatic rings. The van der Waals surface area contributed by atoms with Crippen LogP contribution in [-0.4, -0.2) is 58.6 Å². The summed E-state index contributed by atoms with van der Waals surface area (Å²) in [4.78, 5) is 29.2. The van der Waals surface area contributed by atoms with Gasteiger partial charge in [-0.1, -0.05) is 42.6 Å². The Morgan fingerprint density at radius 2 is 1.90 bits per heavy atom. The number of hydrogen-bond donors (Lipinski definition) is 3. The van der Waals surface area contributed by atoms with Crippen molar-refractivity contribution in [1.82, 2.24) is 20.3 Å². The Morgan fingerprint density at radius 3 is 2.54 bits per heavy atom. The topological polar surface area (TPSA) is 125 Å². The molecule has 2 aromatic heterocycles. The minimum atomic E-state index is -1.21. The Balaban J connectivity index is 1.51. The Bertz CT molecular complexity index is 1380. The zero-order valence-electron chi connectivity index (χ0n) is 22.6. The lowest BCUT2D eigenvalue weighted by Gasteiger charge is -2.43. The lowest BCUT2D eigenvalue weighted by Crippen LogP contribution is -2.52. The van der Waals surface area contributed by atoms with E-state index in [0.717, 1.165) is 36.9 Å². The number of aliphatic hydroxyl groups excluding tert-OH is 1. The number of thiazole rings is 1. The number of benzene rings is 1. The molecule has 3 unspecified atom stereocenters. The van der Waals surface area contributed by atoms with Crippen molar-refractivity contribution < 1.29 is 19.4 Å². The lowest BCUT2D eigenvalue weighted by molar-refractivity contribution is -0.117. The molecular weight excluding hydrogens is 589 g/mol. The highest BCUT2D eigenvalue weighted by atomic mass is 35.5. The summed E-state index contributed by atoms with van der Waals surface area (Å²) < 4.78 is 10.9. The standard InChI is InChI=1S/C27H31Cl2N7O4S/c1-4-21(37)32-17-7-5-6-8-18(17)33-26-30-10-15-11-35(24-22(28)19(39-2)9-20(40-3)23(24)29)27(38)36(25(15)34-26)12-16-13-41-14-31-16/h4,9-10,13-14,17-18,27,38H,1,5-8,11-12H2,2-3H3,(H,32,37)(H,30,33,34). The van der Waals surface area contributed by atoms with Gasteiger partial charge in [0.2, 0.25) is 18.2 Å². The van der Waals surface area contributed by atoms with Crippen LogP contribution in [0.5, 0.6) is 11.5 Å². The Labute approximate surface area is 252 Å². The fraction of sp³-hybridized carbons (Fsp3) is 0.407. The maximum Gasteiger partial charge on any atom is 0.243 e. The minimum Gasteiger partial charge on any atom is -0.495 e. The van der Waals surface area contributed by atoms with E-state index in [9.17, 15) is 9.90 Å². The summed E-state index contributed by atoms with van der Waals surface area (Å²) in [6.07, 6.45) is 5.53. The largest absolute Gasteiger partial charge is 0.495 e. The number of nitrogens with one attached hydrogen (secondary N) is 2. The van der Waals surface area contributed by atoms with Gasteiger partial charge in [0.05, 0.1) is 44.2 Å². The summed E-state index contributed by atoms with van der Waals surface area (Å²) in [5.74, 6) is 1.45. The smallest absolute Gasteiger partial charge is 0.243 e. The van der Waals surface area contributed by atoms with Crippen LogP contribution in [0.3, 0.4) is 0 Å². The number of methoxy groups -OCH3 is 2. The number of hydrogen-bond acceptors (Lipinski definition) is 11. The number of halogens is 2. The third kappa shape index (κ3) is 6.01. The number of fused-ring (bicyclic) bond motifs is 1. The van der Waals surface area contributed by atoms with E-state index in [1.807, 2.05) is 5.38 Å². The Kier molecular flexibility index (Phi) is 9.03. The normalized spacial score (nSPS) is 20.3. The van der Waals surface area contributed by atoms with Gasteiger partial charge in [-0.05, 0) is 18.9 Å². The molecule has 14 heteroatoms. The molecule has 1 fully saturated rings. The number of amides is 1. The van der Waals surface area contributed by atoms with Crippen molar-refractivity contribution in [3.63, 3.8) is 0 Å². The van der Waals surface area contributed by atoms with Gasteiger partial charge >= 0.3 is 0 Å². The van der Waals surface area contributed by atoms with Crippen LogP contribution in [0.2, 0.25) is 10.0 Å². The molecule has 3 aromatic rings. The third-order valence-corrected chi connectivity index (χ3v) is 8.62. The predicted octanol–water partition coefficient (Wildman–Crippen LogP) is 4.59. The van der Waals surface area contributed by atoms with Crippen molar-refractivity contribution in [2.75, 3.05) is 29.3 Å². The summed E-state index contributed by atoms with van der Waals surface area (Å²) >= 11 is 14.9. The van der Waals surface area contributed by atoms with E-state index in [1.54, 1.807) is 27.6 Å². The molecule has 11 nitrogen and oxygen atoms in total. The molecule has 1 amide bonds. The maximum absolute atomic E-state index is 12.0. The van der Waals surface area contributed by atoms with Crippen LogP contribution in [0, 0.1) is 0 Å². The number of carbonyl (C=O) groups excluding carboxylic acids is 1. The first-order chi connectivity index (χ1) is 19.8. The van der Waals surface area contributed by atoms with Crippen molar-refractivity contribution in [2.24, 2.45) is 0 Å². The van der Waals surface area contributed by atoms with E-state index < -0.39 is 6.35 Å². The molecule has 3 heterocycles. The fourth-order valence-electron chi connectivity index (χ4n) is 5.22. The van der Waals surface area contributed by atoms with Crippen LogP contribution < -0.4 is 29.9 Å². The van der Waals surface area contributed by atoms with Gasteiger partial charge in [-0.25, -0.2) is 9.97 Å². The quantitative estimate of drug-likeness (QED) is 0.293. The van der Waals surface area contributed by atoms with Crippen molar-refractivity contribution >= 4 is 57.9 Å². The van der Waals surface area contributed by atoms with Crippen LogP contribution in [0.15, 0.2) is 35.8 Å². The second-order valence-corrected chi connectivity index (χ2v) is 11.2. The Hall–Kier alpha value is -3.32. The van der Waals surface area contributed by atoms with Gasteiger partial charge in [0.1, 0.15) is 27.4 Å². The first kappa shape index (κ1) is 29.2. The number of anilines is 3. The first-order valence-electron chi connectivity index (χ1n) is 13.1. The van der Waals surface area contributed by atoms with Crippen LogP contribution in [0.25, 0.3) is 0 Å². The molecule has 41 heavy (non-hydrogen) atoms. The van der Waals surface area contributed by atoms with Gasteiger partial charge in [0, 0.05) is 35.3 Å². The van der Waals surface area contributed by atoms with Crippen molar-refractivity contribution in [3.05, 3.63) is 57.1 Å². The monoisotopic (exact) mass is 619 g/mol. The molecule has 218 valence electrons. The van der Waals surface area contributed by atoms with Crippen LogP contribution in [0.1, 0.15) is 36.9 Å². The molecule has 1 aliphatic carbocycles. The SMILES string of the molecule is C=CC(=O)NC1CCCCC1Nc1ncc2c(n1)N(Cc1cscn1)C(O)N(c1c(Cl)c(OC)cc(OC)c1Cl)C2.